The smallest absolute Gasteiger partial charge is 0.272 e. The molecule has 0 aliphatic carbocycles. The zero-order chi connectivity index (χ0) is 20.9. The van der Waals surface area contributed by atoms with Crippen LogP contribution in [-0.2, 0) is 6.54 Å². The van der Waals surface area contributed by atoms with E-state index in [2.05, 4.69) is 41.1 Å². The molecule has 0 saturated carbocycles. The Morgan fingerprint density at radius 2 is 1.77 bits per heavy atom. The summed E-state index contributed by atoms with van der Waals surface area (Å²) in [6.07, 6.45) is 4.69. The summed E-state index contributed by atoms with van der Waals surface area (Å²) in [6, 6.07) is 18.5. The third-order valence-electron chi connectivity index (χ3n) is 5.68. The number of thioether (sulfide) groups is 1. The second kappa shape index (κ2) is 9.49. The SMILES string of the molecule is CSc1ncc(C(=O)N2CCCN(Cc3ccccc3C)CC2)n1-c1ccccc1. The largest absolute Gasteiger partial charge is 0.336 e. The maximum atomic E-state index is 13.4. The summed E-state index contributed by atoms with van der Waals surface area (Å²) in [7, 11) is 0. The molecule has 1 aromatic heterocycles. The molecule has 6 heteroatoms. The molecule has 1 saturated heterocycles. The number of carbonyl (C=O) groups is 1. The number of aryl methyl sites for hydroxylation is 1. The van der Waals surface area contributed by atoms with Crippen molar-refractivity contribution >= 4 is 17.7 Å². The van der Waals surface area contributed by atoms with Gasteiger partial charge in [0.2, 0.25) is 0 Å². The molecule has 0 spiro atoms. The summed E-state index contributed by atoms with van der Waals surface area (Å²) < 4.78 is 1.98. The quantitative estimate of drug-likeness (QED) is 0.579. The number of rotatable bonds is 5. The highest BCUT2D eigenvalue weighted by Gasteiger charge is 2.25. The molecule has 30 heavy (non-hydrogen) atoms. The second-order valence-corrected chi connectivity index (χ2v) is 8.42. The number of para-hydroxylation sites is 1. The number of amides is 1. The number of hydrogen-bond donors (Lipinski definition) is 0. The highest BCUT2D eigenvalue weighted by Crippen LogP contribution is 2.23. The third kappa shape index (κ3) is 4.45. The van der Waals surface area contributed by atoms with Crippen LogP contribution in [0.25, 0.3) is 5.69 Å². The molecule has 4 rings (SSSR count). The maximum absolute atomic E-state index is 13.4. The first-order valence-corrected chi connectivity index (χ1v) is 11.6. The van der Waals surface area contributed by atoms with Crippen molar-refractivity contribution in [2.24, 2.45) is 0 Å². The lowest BCUT2D eigenvalue weighted by molar-refractivity contribution is 0.0752. The minimum atomic E-state index is 0.0596. The molecule has 0 atom stereocenters. The van der Waals surface area contributed by atoms with Crippen LogP contribution in [0.3, 0.4) is 0 Å². The molecule has 2 aromatic carbocycles. The lowest BCUT2D eigenvalue weighted by atomic mass is 10.1. The number of aromatic nitrogens is 2. The Morgan fingerprint density at radius 3 is 2.53 bits per heavy atom. The van der Waals surface area contributed by atoms with Gasteiger partial charge in [0.15, 0.2) is 5.16 Å². The van der Waals surface area contributed by atoms with Gasteiger partial charge < -0.3 is 4.90 Å². The van der Waals surface area contributed by atoms with Gasteiger partial charge in [0.25, 0.3) is 5.91 Å². The zero-order valence-corrected chi connectivity index (χ0v) is 18.4. The molecule has 156 valence electrons. The van der Waals surface area contributed by atoms with E-state index in [4.69, 9.17) is 0 Å². The molecule has 1 aliphatic heterocycles. The average molecular weight is 421 g/mol. The molecule has 1 aliphatic rings. The van der Waals surface area contributed by atoms with Gasteiger partial charge in [-0.3, -0.25) is 14.3 Å². The lowest BCUT2D eigenvalue weighted by Crippen LogP contribution is -2.36. The van der Waals surface area contributed by atoms with Gasteiger partial charge in [-0.1, -0.05) is 54.2 Å². The van der Waals surface area contributed by atoms with Gasteiger partial charge in [0.1, 0.15) is 5.69 Å². The van der Waals surface area contributed by atoms with Gasteiger partial charge in [-0.15, -0.1) is 0 Å². The molecule has 2 heterocycles. The first-order chi connectivity index (χ1) is 14.7. The predicted octanol–water partition coefficient (Wildman–Crippen LogP) is 4.25. The molecule has 3 aromatic rings. The Kier molecular flexibility index (Phi) is 6.55. The van der Waals surface area contributed by atoms with Gasteiger partial charge in [0.05, 0.1) is 6.20 Å². The van der Waals surface area contributed by atoms with Crippen molar-refractivity contribution in [2.45, 2.75) is 25.0 Å². The molecule has 1 amide bonds. The summed E-state index contributed by atoms with van der Waals surface area (Å²) in [4.78, 5) is 22.4. The Balaban J connectivity index is 1.50. The first-order valence-electron chi connectivity index (χ1n) is 10.4. The molecule has 5 nitrogen and oxygen atoms in total. The van der Waals surface area contributed by atoms with E-state index in [0.29, 0.717) is 5.69 Å². The van der Waals surface area contributed by atoms with Crippen molar-refractivity contribution in [1.82, 2.24) is 19.4 Å². The van der Waals surface area contributed by atoms with Crippen LogP contribution in [0.15, 0.2) is 66.0 Å². The van der Waals surface area contributed by atoms with Crippen molar-refractivity contribution in [3.63, 3.8) is 0 Å². The van der Waals surface area contributed by atoms with Crippen LogP contribution in [0, 0.1) is 6.92 Å². The van der Waals surface area contributed by atoms with Gasteiger partial charge in [0, 0.05) is 38.4 Å². The number of carbonyl (C=O) groups excluding carboxylic acids is 1. The molecule has 0 radical (unpaired) electrons. The summed E-state index contributed by atoms with van der Waals surface area (Å²) in [5, 5.41) is 0.834. The summed E-state index contributed by atoms with van der Waals surface area (Å²) in [5.41, 5.74) is 4.30. The fourth-order valence-electron chi connectivity index (χ4n) is 3.98. The molecule has 0 unspecified atom stereocenters. The highest BCUT2D eigenvalue weighted by molar-refractivity contribution is 7.98. The highest BCUT2D eigenvalue weighted by atomic mass is 32.2. The van der Waals surface area contributed by atoms with E-state index >= 15 is 0 Å². The molecule has 0 N–H and O–H groups in total. The van der Waals surface area contributed by atoms with Gasteiger partial charge >= 0.3 is 0 Å². The monoisotopic (exact) mass is 420 g/mol. The van der Waals surface area contributed by atoms with Gasteiger partial charge in [-0.2, -0.15) is 0 Å². The van der Waals surface area contributed by atoms with Crippen molar-refractivity contribution in [2.75, 3.05) is 32.4 Å². The van der Waals surface area contributed by atoms with Crippen molar-refractivity contribution in [3.05, 3.63) is 77.6 Å². The van der Waals surface area contributed by atoms with Crippen molar-refractivity contribution in [3.8, 4) is 5.69 Å². The van der Waals surface area contributed by atoms with E-state index in [0.717, 1.165) is 50.0 Å². The van der Waals surface area contributed by atoms with Crippen LogP contribution in [0.4, 0.5) is 0 Å². The van der Waals surface area contributed by atoms with Gasteiger partial charge in [-0.25, -0.2) is 4.98 Å². The van der Waals surface area contributed by atoms with Crippen molar-refractivity contribution < 1.29 is 4.79 Å². The maximum Gasteiger partial charge on any atom is 0.272 e. The Morgan fingerprint density at radius 1 is 1.00 bits per heavy atom. The number of nitrogens with zero attached hydrogens (tertiary/aromatic N) is 4. The van der Waals surface area contributed by atoms with E-state index in [-0.39, 0.29) is 5.91 Å². The zero-order valence-electron chi connectivity index (χ0n) is 17.6. The van der Waals surface area contributed by atoms with E-state index in [1.807, 2.05) is 46.1 Å². The number of imidazole rings is 1. The van der Waals surface area contributed by atoms with E-state index in [1.54, 1.807) is 18.0 Å². The fraction of sp³-hybridized carbons (Fsp3) is 0.333. The number of benzene rings is 2. The Bertz CT molecular complexity index is 1000. The molecular formula is C24H28N4OS. The van der Waals surface area contributed by atoms with Crippen LogP contribution in [-0.4, -0.2) is 57.7 Å². The van der Waals surface area contributed by atoms with Crippen LogP contribution >= 0.6 is 11.8 Å². The number of hydrogen-bond acceptors (Lipinski definition) is 4. The summed E-state index contributed by atoms with van der Waals surface area (Å²) >= 11 is 1.56. The Hall–Kier alpha value is -2.57. The minimum absolute atomic E-state index is 0.0596. The Labute approximate surface area is 182 Å². The van der Waals surface area contributed by atoms with E-state index < -0.39 is 0 Å². The van der Waals surface area contributed by atoms with E-state index in [9.17, 15) is 4.79 Å². The third-order valence-corrected chi connectivity index (χ3v) is 6.33. The minimum Gasteiger partial charge on any atom is -0.336 e. The average Bonchev–Trinajstić information content (AvgIpc) is 3.08. The van der Waals surface area contributed by atoms with Crippen LogP contribution in [0.1, 0.15) is 28.0 Å². The van der Waals surface area contributed by atoms with Crippen molar-refractivity contribution in [1.29, 1.82) is 0 Å². The lowest BCUT2D eigenvalue weighted by Gasteiger charge is -2.23. The normalized spacial score (nSPS) is 15.2. The van der Waals surface area contributed by atoms with Crippen LogP contribution < -0.4 is 0 Å². The molecular weight excluding hydrogens is 392 g/mol. The standard InChI is InChI=1S/C24H28N4OS/c1-19-9-6-7-10-20(19)18-26-13-8-14-27(16-15-26)23(29)22-17-25-24(30-2)28(22)21-11-4-3-5-12-21/h3-7,9-12,17H,8,13-16,18H2,1-2H3. The van der Waals surface area contributed by atoms with Gasteiger partial charge in [-0.05, 0) is 42.9 Å². The molecule has 0 bridgehead atoms. The topological polar surface area (TPSA) is 41.4 Å². The second-order valence-electron chi connectivity index (χ2n) is 7.65. The summed E-state index contributed by atoms with van der Waals surface area (Å²) in [6.45, 7) is 6.50. The fourth-order valence-corrected chi connectivity index (χ4v) is 4.52. The van der Waals surface area contributed by atoms with E-state index in [1.165, 1.54) is 11.1 Å². The van der Waals surface area contributed by atoms with Crippen LogP contribution in [0.5, 0.6) is 0 Å². The first kappa shape index (κ1) is 20.7. The molecule has 1 fully saturated rings. The van der Waals surface area contributed by atoms with Crippen LogP contribution in [0.2, 0.25) is 0 Å². The predicted molar refractivity (Wildman–Crippen MR) is 122 cm³/mol. The summed E-state index contributed by atoms with van der Waals surface area (Å²) in [5.74, 6) is 0.0596.